The number of hydrogen-bond acceptors (Lipinski definition) is 6. The lowest BCUT2D eigenvalue weighted by molar-refractivity contribution is 0.0677. The normalized spacial score (nSPS) is 23.2. The van der Waals surface area contributed by atoms with Gasteiger partial charge in [-0.2, -0.15) is 16.7 Å². The predicted octanol–water partition coefficient (Wildman–Crippen LogP) is 1.67. The van der Waals surface area contributed by atoms with Gasteiger partial charge in [-0.25, -0.2) is 0 Å². The maximum Gasteiger partial charge on any atom is 0.243 e. The zero-order valence-electron chi connectivity index (χ0n) is 9.39. The summed E-state index contributed by atoms with van der Waals surface area (Å²) in [6, 6.07) is -0.150. The van der Waals surface area contributed by atoms with Crippen molar-refractivity contribution in [1.82, 2.24) is 10.1 Å². The molecule has 5 nitrogen and oxygen atoms in total. The van der Waals surface area contributed by atoms with Crippen molar-refractivity contribution in [3.05, 3.63) is 11.7 Å². The van der Waals surface area contributed by atoms with E-state index in [0.29, 0.717) is 11.7 Å². The average Bonchev–Trinajstić information content (AvgIpc) is 2.80. The van der Waals surface area contributed by atoms with Crippen LogP contribution in [0.15, 0.2) is 4.52 Å². The van der Waals surface area contributed by atoms with Gasteiger partial charge in [0.25, 0.3) is 0 Å². The van der Waals surface area contributed by atoms with Gasteiger partial charge in [0.05, 0.1) is 12.6 Å². The molecule has 90 valence electrons. The Labute approximate surface area is 99.1 Å². The average molecular weight is 243 g/mol. The molecule has 2 heterocycles. The van der Waals surface area contributed by atoms with E-state index in [-0.39, 0.29) is 12.1 Å². The van der Waals surface area contributed by atoms with Gasteiger partial charge >= 0.3 is 0 Å². The summed E-state index contributed by atoms with van der Waals surface area (Å²) >= 11 is 1.85. The molecule has 0 aliphatic carbocycles. The van der Waals surface area contributed by atoms with E-state index in [0.717, 1.165) is 31.0 Å². The number of aromatic nitrogens is 2. The van der Waals surface area contributed by atoms with Gasteiger partial charge in [0.15, 0.2) is 0 Å². The van der Waals surface area contributed by atoms with Crippen molar-refractivity contribution in [2.45, 2.75) is 31.9 Å². The molecule has 16 heavy (non-hydrogen) atoms. The number of nitrogens with zero attached hydrogens (tertiary/aromatic N) is 2. The predicted molar refractivity (Wildman–Crippen MR) is 62.2 cm³/mol. The lowest BCUT2D eigenvalue weighted by atomic mass is 10.2. The van der Waals surface area contributed by atoms with Gasteiger partial charge in [0, 0.05) is 11.5 Å². The van der Waals surface area contributed by atoms with E-state index < -0.39 is 0 Å². The molecule has 1 unspecified atom stereocenters. The van der Waals surface area contributed by atoms with Crippen LogP contribution in [0.1, 0.15) is 43.6 Å². The maximum atomic E-state index is 5.91. The van der Waals surface area contributed by atoms with Crippen molar-refractivity contribution in [3.63, 3.8) is 0 Å². The van der Waals surface area contributed by atoms with E-state index >= 15 is 0 Å². The summed E-state index contributed by atoms with van der Waals surface area (Å²) in [5.41, 5.74) is 5.91. The number of ether oxygens (including phenoxy) is 1. The molecule has 1 saturated heterocycles. The highest BCUT2D eigenvalue weighted by atomic mass is 32.2. The topological polar surface area (TPSA) is 74.2 Å². The summed E-state index contributed by atoms with van der Waals surface area (Å²) in [6.45, 7) is 2.83. The monoisotopic (exact) mass is 243 g/mol. The molecule has 0 radical (unpaired) electrons. The fourth-order valence-corrected chi connectivity index (χ4v) is 2.44. The Morgan fingerprint density at radius 3 is 3.19 bits per heavy atom. The quantitative estimate of drug-likeness (QED) is 0.867. The number of nitrogens with two attached hydrogens (primary N) is 1. The van der Waals surface area contributed by atoms with E-state index in [1.807, 2.05) is 11.8 Å². The molecular formula is C10H17N3O2S. The van der Waals surface area contributed by atoms with E-state index in [1.54, 1.807) is 0 Å². The van der Waals surface area contributed by atoms with Crippen LogP contribution >= 0.6 is 11.8 Å². The lowest BCUT2D eigenvalue weighted by Gasteiger charge is -2.18. The highest BCUT2D eigenvalue weighted by molar-refractivity contribution is 7.99. The van der Waals surface area contributed by atoms with Gasteiger partial charge in [-0.1, -0.05) is 18.5 Å². The Morgan fingerprint density at radius 2 is 2.50 bits per heavy atom. The largest absolute Gasteiger partial charge is 0.368 e. The van der Waals surface area contributed by atoms with Crippen LogP contribution in [-0.4, -0.2) is 28.3 Å². The molecule has 0 aromatic carbocycles. The molecule has 1 fully saturated rings. The van der Waals surface area contributed by atoms with Crippen molar-refractivity contribution in [1.29, 1.82) is 0 Å². The molecule has 1 aromatic rings. The zero-order valence-corrected chi connectivity index (χ0v) is 10.2. The highest BCUT2D eigenvalue weighted by Gasteiger charge is 2.23. The molecule has 6 heteroatoms. The van der Waals surface area contributed by atoms with Crippen LogP contribution in [0.5, 0.6) is 0 Å². The van der Waals surface area contributed by atoms with Crippen molar-refractivity contribution in [3.8, 4) is 0 Å². The maximum absolute atomic E-state index is 5.91. The standard InChI is InChI=1S/C10H17N3O2S/c1-2-3-7(11)10-12-9(13-15-10)8-6-16-5-4-14-8/h7-8H,2-6,11H2,1H3/t7-,8?/m1/s1. The molecule has 0 amide bonds. The fourth-order valence-electron chi connectivity index (χ4n) is 1.60. The molecular weight excluding hydrogens is 226 g/mol. The molecule has 1 aliphatic rings. The van der Waals surface area contributed by atoms with Gasteiger partial charge in [0.2, 0.25) is 11.7 Å². The molecule has 1 aliphatic heterocycles. The van der Waals surface area contributed by atoms with Crippen LogP contribution in [0, 0.1) is 0 Å². The second-order valence-corrected chi connectivity index (χ2v) is 4.97. The number of rotatable bonds is 4. The third kappa shape index (κ3) is 2.75. The summed E-state index contributed by atoms with van der Waals surface area (Å²) in [7, 11) is 0. The minimum atomic E-state index is -0.150. The Hall–Kier alpha value is -0.590. The van der Waals surface area contributed by atoms with Crippen LogP contribution in [0.2, 0.25) is 0 Å². The number of thioether (sulfide) groups is 1. The molecule has 2 N–H and O–H groups in total. The van der Waals surface area contributed by atoms with Crippen molar-refractivity contribution in [2.24, 2.45) is 5.73 Å². The Morgan fingerprint density at radius 1 is 1.62 bits per heavy atom. The van der Waals surface area contributed by atoms with E-state index in [4.69, 9.17) is 15.0 Å². The second kappa shape index (κ2) is 5.65. The second-order valence-electron chi connectivity index (χ2n) is 3.82. The van der Waals surface area contributed by atoms with Crippen LogP contribution in [0.3, 0.4) is 0 Å². The molecule has 2 rings (SSSR count). The molecule has 0 spiro atoms. The van der Waals surface area contributed by atoms with Crippen molar-refractivity contribution >= 4 is 11.8 Å². The summed E-state index contributed by atoms with van der Waals surface area (Å²) in [4.78, 5) is 4.31. The van der Waals surface area contributed by atoms with E-state index in [1.165, 1.54) is 0 Å². The van der Waals surface area contributed by atoms with Crippen LogP contribution in [-0.2, 0) is 4.74 Å². The first-order chi connectivity index (χ1) is 7.81. The van der Waals surface area contributed by atoms with Crippen molar-refractivity contribution < 1.29 is 9.26 Å². The van der Waals surface area contributed by atoms with Crippen LogP contribution in [0.25, 0.3) is 0 Å². The van der Waals surface area contributed by atoms with Gasteiger partial charge in [-0.3, -0.25) is 0 Å². The van der Waals surface area contributed by atoms with Gasteiger partial charge in [0.1, 0.15) is 6.10 Å². The smallest absolute Gasteiger partial charge is 0.243 e. The number of hydrogen-bond donors (Lipinski definition) is 1. The minimum absolute atomic E-state index is 0.0370. The third-order valence-electron chi connectivity index (χ3n) is 2.48. The van der Waals surface area contributed by atoms with Gasteiger partial charge in [-0.05, 0) is 6.42 Å². The fraction of sp³-hybridized carbons (Fsp3) is 0.800. The molecule has 0 bridgehead atoms. The van der Waals surface area contributed by atoms with E-state index in [2.05, 4.69) is 17.1 Å². The Kier molecular flexibility index (Phi) is 4.20. The summed E-state index contributed by atoms with van der Waals surface area (Å²) in [5.74, 6) is 3.09. The molecule has 0 saturated carbocycles. The van der Waals surface area contributed by atoms with Crippen LogP contribution < -0.4 is 5.73 Å². The zero-order chi connectivity index (χ0) is 11.4. The Balaban J connectivity index is 2.00. The van der Waals surface area contributed by atoms with Crippen LogP contribution in [0.4, 0.5) is 0 Å². The molecule has 1 aromatic heterocycles. The molecule has 2 atom stereocenters. The first-order valence-corrected chi connectivity index (χ1v) is 6.75. The van der Waals surface area contributed by atoms with Crippen molar-refractivity contribution in [2.75, 3.05) is 18.1 Å². The third-order valence-corrected chi connectivity index (χ3v) is 3.47. The summed E-state index contributed by atoms with van der Waals surface area (Å²) < 4.78 is 10.7. The first-order valence-electron chi connectivity index (χ1n) is 5.59. The minimum Gasteiger partial charge on any atom is -0.368 e. The van der Waals surface area contributed by atoms with Gasteiger partial charge < -0.3 is 15.0 Å². The van der Waals surface area contributed by atoms with Gasteiger partial charge in [-0.15, -0.1) is 0 Å². The SMILES string of the molecule is CCC[C@@H](N)c1nc(C2CSCCO2)no1. The first kappa shape index (κ1) is 11.9. The Bertz CT molecular complexity index is 326. The summed E-state index contributed by atoms with van der Waals surface area (Å²) in [5, 5.41) is 3.94. The highest BCUT2D eigenvalue weighted by Crippen LogP contribution is 2.25. The summed E-state index contributed by atoms with van der Waals surface area (Å²) in [6.07, 6.45) is 1.83. The lowest BCUT2D eigenvalue weighted by Crippen LogP contribution is -2.17. The van der Waals surface area contributed by atoms with E-state index in [9.17, 15) is 0 Å².